The van der Waals surface area contributed by atoms with Gasteiger partial charge < -0.3 is 23.9 Å². The van der Waals surface area contributed by atoms with Crippen LogP contribution in [-0.2, 0) is 11.2 Å². The van der Waals surface area contributed by atoms with Gasteiger partial charge in [0.25, 0.3) is 5.56 Å². The summed E-state index contributed by atoms with van der Waals surface area (Å²) in [5.74, 6) is 1.13. The first-order valence-electron chi connectivity index (χ1n) is 13.7. The molecule has 1 fully saturated rings. The topological polar surface area (TPSA) is 76.6 Å². The molecule has 0 aliphatic carbocycles. The van der Waals surface area contributed by atoms with Gasteiger partial charge in [0.2, 0.25) is 0 Å². The third-order valence-electron chi connectivity index (χ3n) is 8.37. The van der Waals surface area contributed by atoms with Crippen LogP contribution < -0.4 is 10.3 Å². The van der Waals surface area contributed by atoms with Crippen molar-refractivity contribution >= 4 is 16.7 Å². The minimum Gasteiger partial charge on any atom is -0.496 e. The number of pyridine rings is 1. The number of aromatic amines is 1. The van der Waals surface area contributed by atoms with Crippen molar-refractivity contribution in [1.82, 2.24) is 14.5 Å². The van der Waals surface area contributed by atoms with Crippen molar-refractivity contribution in [2.45, 2.75) is 71.9 Å². The van der Waals surface area contributed by atoms with Gasteiger partial charge in [-0.3, -0.25) is 9.59 Å². The van der Waals surface area contributed by atoms with E-state index < -0.39 is 0 Å². The molecule has 3 heterocycles. The highest BCUT2D eigenvalue weighted by Gasteiger charge is 2.31. The van der Waals surface area contributed by atoms with Gasteiger partial charge in [-0.25, -0.2) is 0 Å². The summed E-state index contributed by atoms with van der Waals surface area (Å²) in [6.45, 7) is 13.5. The Balaban J connectivity index is 1.56. The lowest BCUT2D eigenvalue weighted by Gasteiger charge is -2.39. The van der Waals surface area contributed by atoms with Crippen molar-refractivity contribution in [2.75, 3.05) is 33.9 Å². The van der Waals surface area contributed by atoms with Crippen molar-refractivity contribution in [3.63, 3.8) is 0 Å². The van der Waals surface area contributed by atoms with Crippen LogP contribution in [0, 0.1) is 19.8 Å². The summed E-state index contributed by atoms with van der Waals surface area (Å²) in [6, 6.07) is 10.3. The summed E-state index contributed by atoms with van der Waals surface area (Å²) >= 11 is 0. The maximum Gasteiger partial charge on any atom is 0.255 e. The number of carbonyl (C=O) groups is 1. The van der Waals surface area contributed by atoms with Crippen LogP contribution in [0.5, 0.6) is 5.75 Å². The largest absolute Gasteiger partial charge is 0.496 e. The molecule has 1 aliphatic rings. The number of nitrogens with zero attached hydrogens (tertiary/aromatic N) is 2. The fourth-order valence-electron chi connectivity index (χ4n) is 6.14. The Bertz CT molecular complexity index is 1350. The first-order chi connectivity index (χ1) is 18.1. The number of benzene rings is 1. The summed E-state index contributed by atoms with van der Waals surface area (Å²) in [7, 11) is 3.34. The first kappa shape index (κ1) is 28.1. The normalized spacial score (nSPS) is 16.2. The number of H-pyrrole nitrogens is 1. The van der Waals surface area contributed by atoms with E-state index in [1.807, 2.05) is 31.2 Å². The number of aromatic nitrogens is 2. The lowest BCUT2D eigenvalue weighted by atomic mass is 9.89. The van der Waals surface area contributed by atoms with E-state index in [1.165, 1.54) is 0 Å². The number of hydrogen-bond donors (Lipinski definition) is 1. The Morgan fingerprint density at radius 3 is 2.50 bits per heavy atom. The molecule has 1 atom stereocenters. The zero-order valence-electron chi connectivity index (χ0n) is 24.0. The van der Waals surface area contributed by atoms with E-state index in [0.29, 0.717) is 23.7 Å². The molecule has 0 amide bonds. The lowest BCUT2D eigenvalue weighted by Crippen LogP contribution is -2.44. The summed E-state index contributed by atoms with van der Waals surface area (Å²) in [5, 5.41) is 0.992. The number of piperidine rings is 1. The molecule has 7 nitrogen and oxygen atoms in total. The van der Waals surface area contributed by atoms with Crippen LogP contribution in [0.1, 0.15) is 73.4 Å². The molecule has 0 saturated carbocycles. The van der Waals surface area contributed by atoms with Gasteiger partial charge in [-0.15, -0.1) is 0 Å². The van der Waals surface area contributed by atoms with Crippen molar-refractivity contribution in [3.05, 3.63) is 63.2 Å². The van der Waals surface area contributed by atoms with E-state index in [0.717, 1.165) is 60.3 Å². The summed E-state index contributed by atoms with van der Waals surface area (Å²) < 4.78 is 13.5. The molecule has 2 aromatic heterocycles. The number of Topliss-reactive ketones (excluding diaryl/α,β-unsaturated/α-hetero) is 1. The lowest BCUT2D eigenvalue weighted by molar-refractivity contribution is -0.0162. The van der Waals surface area contributed by atoms with Gasteiger partial charge >= 0.3 is 0 Å². The Morgan fingerprint density at radius 2 is 1.84 bits per heavy atom. The van der Waals surface area contributed by atoms with Gasteiger partial charge in [-0.05, 0) is 85.0 Å². The summed E-state index contributed by atoms with van der Waals surface area (Å²) in [5.41, 5.74) is 3.81. The van der Waals surface area contributed by atoms with Crippen LogP contribution in [0.4, 0.5) is 0 Å². The van der Waals surface area contributed by atoms with Crippen LogP contribution in [-0.4, -0.2) is 59.7 Å². The van der Waals surface area contributed by atoms with Gasteiger partial charge in [-0.2, -0.15) is 0 Å². The SMILES string of the molecule is COc1cc(C)[nH]c(=O)c1CCC(=O)c1c(C)n([C@H](C)C2CCN(CC(C)(C)OC)CC2)c2ccccc12. The molecule has 1 N–H and O–H groups in total. The van der Waals surface area contributed by atoms with Crippen molar-refractivity contribution in [3.8, 4) is 5.75 Å². The number of ketones is 1. The molecule has 0 radical (unpaired) electrons. The van der Waals surface area contributed by atoms with Crippen LogP contribution in [0.2, 0.25) is 0 Å². The number of likely N-dealkylation sites (tertiary alicyclic amines) is 1. The summed E-state index contributed by atoms with van der Waals surface area (Å²) in [4.78, 5) is 31.6. The van der Waals surface area contributed by atoms with E-state index >= 15 is 0 Å². The maximum absolute atomic E-state index is 13.7. The third kappa shape index (κ3) is 5.74. The Kier molecular flexibility index (Phi) is 8.48. The molecular formula is C31H43N3O4. The van der Waals surface area contributed by atoms with E-state index in [-0.39, 0.29) is 29.4 Å². The Hall–Kier alpha value is -2.90. The fourth-order valence-corrected chi connectivity index (χ4v) is 6.14. The average molecular weight is 522 g/mol. The molecular weight excluding hydrogens is 478 g/mol. The Labute approximate surface area is 226 Å². The highest BCUT2D eigenvalue weighted by Crippen LogP contribution is 2.36. The van der Waals surface area contributed by atoms with Crippen LogP contribution in [0.3, 0.4) is 0 Å². The van der Waals surface area contributed by atoms with Gasteiger partial charge in [0.05, 0.1) is 18.3 Å². The third-order valence-corrected chi connectivity index (χ3v) is 8.37. The van der Waals surface area contributed by atoms with Crippen molar-refractivity contribution in [1.29, 1.82) is 0 Å². The standard InChI is InChI=1S/C31H43N3O4/c1-20-18-28(37-6)25(30(36)32-20)12-13-27(35)29-22(3)34(26-11-9-8-10-24(26)29)21(2)23-14-16-33(17-15-23)19-31(4,5)38-7/h8-11,18,21,23H,12-17,19H2,1-7H3,(H,32,36)/t21-/m1/s1. The number of rotatable bonds is 10. The second-order valence-corrected chi connectivity index (χ2v) is 11.4. The van der Waals surface area contributed by atoms with Gasteiger partial charge in [0.15, 0.2) is 5.78 Å². The molecule has 0 spiro atoms. The van der Waals surface area contributed by atoms with Gasteiger partial charge in [-0.1, -0.05) is 18.2 Å². The minimum atomic E-state index is -0.192. The Morgan fingerprint density at radius 1 is 1.16 bits per heavy atom. The minimum absolute atomic E-state index is 0.0586. The predicted octanol–water partition coefficient (Wildman–Crippen LogP) is 5.47. The number of methoxy groups -OCH3 is 2. The number of hydrogen-bond acceptors (Lipinski definition) is 5. The van der Waals surface area contributed by atoms with Crippen molar-refractivity contribution < 1.29 is 14.3 Å². The molecule has 4 rings (SSSR count). The molecule has 38 heavy (non-hydrogen) atoms. The molecule has 0 bridgehead atoms. The van der Waals surface area contributed by atoms with E-state index in [2.05, 4.69) is 48.2 Å². The van der Waals surface area contributed by atoms with E-state index in [9.17, 15) is 9.59 Å². The highest BCUT2D eigenvalue weighted by molar-refractivity contribution is 6.09. The number of carbonyl (C=O) groups excluding carboxylic acids is 1. The molecule has 0 unspecified atom stereocenters. The molecule has 1 aliphatic heterocycles. The number of fused-ring (bicyclic) bond motifs is 1. The van der Waals surface area contributed by atoms with E-state index in [4.69, 9.17) is 9.47 Å². The fraction of sp³-hybridized carbons (Fsp3) is 0.548. The van der Waals surface area contributed by atoms with Crippen LogP contribution in [0.15, 0.2) is 35.1 Å². The quantitative estimate of drug-likeness (QED) is 0.358. The smallest absolute Gasteiger partial charge is 0.255 e. The van der Waals surface area contributed by atoms with Crippen LogP contribution in [0.25, 0.3) is 10.9 Å². The van der Waals surface area contributed by atoms with Gasteiger partial charge in [0.1, 0.15) is 5.75 Å². The zero-order valence-corrected chi connectivity index (χ0v) is 24.0. The number of para-hydroxylation sites is 1. The first-order valence-corrected chi connectivity index (χ1v) is 13.7. The summed E-state index contributed by atoms with van der Waals surface area (Å²) in [6.07, 6.45) is 2.82. The monoisotopic (exact) mass is 521 g/mol. The molecule has 3 aromatic rings. The molecule has 1 saturated heterocycles. The van der Waals surface area contributed by atoms with E-state index in [1.54, 1.807) is 14.2 Å². The maximum atomic E-state index is 13.7. The average Bonchev–Trinajstić information content (AvgIpc) is 3.19. The predicted molar refractivity (Wildman–Crippen MR) is 153 cm³/mol. The molecule has 7 heteroatoms. The van der Waals surface area contributed by atoms with Crippen LogP contribution >= 0.6 is 0 Å². The molecule has 1 aromatic carbocycles. The second kappa shape index (κ2) is 11.5. The molecule has 206 valence electrons. The number of nitrogens with one attached hydrogen (secondary N) is 1. The number of ether oxygens (including phenoxy) is 2. The van der Waals surface area contributed by atoms with Crippen molar-refractivity contribution in [2.24, 2.45) is 5.92 Å². The second-order valence-electron chi connectivity index (χ2n) is 11.4. The van der Waals surface area contributed by atoms with Gasteiger partial charge in [0, 0.05) is 54.0 Å². The highest BCUT2D eigenvalue weighted by atomic mass is 16.5. The number of aryl methyl sites for hydroxylation is 1. The zero-order chi connectivity index (χ0) is 27.6.